The first-order valence-electron chi connectivity index (χ1n) is 12.2. The second-order valence-electron chi connectivity index (χ2n) is 10.0. The van der Waals surface area contributed by atoms with Crippen molar-refractivity contribution in [2.24, 2.45) is 11.8 Å². The molecule has 178 valence electrons. The summed E-state index contributed by atoms with van der Waals surface area (Å²) >= 11 is 0. The Hall–Kier alpha value is -2.32. The third kappa shape index (κ3) is 4.68. The molecule has 1 aromatic heterocycles. The number of pyridine rings is 1. The number of benzene rings is 1. The molecule has 2 N–H and O–H groups in total. The van der Waals surface area contributed by atoms with E-state index in [1.165, 1.54) is 57.9 Å². The maximum atomic E-state index is 13.3. The van der Waals surface area contributed by atoms with Crippen molar-refractivity contribution in [1.29, 1.82) is 0 Å². The van der Waals surface area contributed by atoms with Gasteiger partial charge in [0.2, 0.25) is 0 Å². The summed E-state index contributed by atoms with van der Waals surface area (Å²) in [6.07, 6.45) is 8.00. The highest BCUT2D eigenvalue weighted by Gasteiger charge is 2.38. The number of nitrogens with zero attached hydrogens (tertiary/aromatic N) is 1. The van der Waals surface area contributed by atoms with Crippen LogP contribution >= 0.6 is 0 Å². The van der Waals surface area contributed by atoms with Gasteiger partial charge in [-0.3, -0.25) is 9.52 Å². The lowest BCUT2D eigenvalue weighted by Crippen LogP contribution is -3.15. The van der Waals surface area contributed by atoms with Crippen LogP contribution in [0.5, 0.6) is 5.75 Å². The van der Waals surface area contributed by atoms with Gasteiger partial charge >= 0.3 is 0 Å². The fraction of sp³-hybridized carbons (Fsp3) is 0.560. The summed E-state index contributed by atoms with van der Waals surface area (Å²) in [5.41, 5.74) is 0.931. The first kappa shape index (κ1) is 22.5. The quantitative estimate of drug-likeness (QED) is 0.676. The van der Waals surface area contributed by atoms with Crippen LogP contribution in [-0.2, 0) is 16.6 Å². The summed E-state index contributed by atoms with van der Waals surface area (Å²) in [6, 6.07) is 9.74. The fourth-order valence-electron chi connectivity index (χ4n) is 6.17. The maximum Gasteiger partial charge on any atom is 0.275 e. The zero-order valence-electron chi connectivity index (χ0n) is 19.3. The van der Waals surface area contributed by atoms with Crippen LogP contribution < -0.4 is 19.9 Å². The molecule has 1 aromatic carbocycles. The van der Waals surface area contributed by atoms with Gasteiger partial charge in [0.05, 0.1) is 31.6 Å². The van der Waals surface area contributed by atoms with Gasteiger partial charge in [0.15, 0.2) is 0 Å². The first-order chi connectivity index (χ1) is 15.9. The Morgan fingerprint density at radius 3 is 2.55 bits per heavy atom. The highest BCUT2D eigenvalue weighted by Crippen LogP contribution is 2.32. The van der Waals surface area contributed by atoms with Crippen LogP contribution in [0.1, 0.15) is 50.1 Å². The Balaban J connectivity index is 1.34. The molecular weight excluding hydrogens is 438 g/mol. The largest absolute Gasteiger partial charge is 0.497 e. The van der Waals surface area contributed by atoms with Crippen molar-refractivity contribution >= 4 is 15.7 Å². The van der Waals surface area contributed by atoms with Crippen LogP contribution in [0.3, 0.4) is 0 Å². The number of rotatable bonds is 6. The monoisotopic (exact) mass is 472 g/mol. The SMILES string of the molecule is COc1ccc(S(=O)(=O)Nc2ccc3n(c2=O)C[C@H]2C[C@@H]3C[NH+](CC3CCCCC3)C2)cc1. The number of likely N-dealkylation sites (tertiary alicyclic amines) is 1. The number of hydrogen-bond donors (Lipinski definition) is 2. The lowest BCUT2D eigenvalue weighted by Gasteiger charge is -2.41. The van der Waals surface area contributed by atoms with E-state index < -0.39 is 10.0 Å². The lowest BCUT2D eigenvalue weighted by atomic mass is 9.81. The number of sulfonamides is 1. The van der Waals surface area contributed by atoms with Gasteiger partial charge in [-0.15, -0.1) is 0 Å². The van der Waals surface area contributed by atoms with Gasteiger partial charge in [-0.05, 0) is 55.7 Å². The van der Waals surface area contributed by atoms with E-state index in [2.05, 4.69) is 4.72 Å². The summed E-state index contributed by atoms with van der Waals surface area (Å²) in [7, 11) is -2.32. The molecule has 0 spiro atoms. The molecule has 1 unspecified atom stereocenters. The van der Waals surface area contributed by atoms with E-state index in [0.717, 1.165) is 31.1 Å². The van der Waals surface area contributed by atoms with Crippen molar-refractivity contribution < 1.29 is 18.1 Å². The number of nitrogens with one attached hydrogen (secondary N) is 2. The van der Waals surface area contributed by atoms with Crippen LogP contribution in [0.25, 0.3) is 0 Å². The molecule has 3 heterocycles. The molecule has 3 aliphatic rings. The van der Waals surface area contributed by atoms with Crippen molar-refractivity contribution in [3.63, 3.8) is 0 Å². The second kappa shape index (κ2) is 9.14. The number of piperidine rings is 1. The first-order valence-corrected chi connectivity index (χ1v) is 13.7. The third-order valence-corrected chi connectivity index (χ3v) is 9.09. The molecule has 2 aliphatic heterocycles. The Kier molecular flexibility index (Phi) is 6.22. The van der Waals surface area contributed by atoms with E-state index in [-0.39, 0.29) is 16.1 Å². The van der Waals surface area contributed by atoms with E-state index in [0.29, 0.717) is 24.1 Å². The Labute approximate surface area is 195 Å². The predicted octanol–water partition coefficient (Wildman–Crippen LogP) is 2.24. The molecule has 1 aliphatic carbocycles. The Bertz CT molecular complexity index is 1150. The van der Waals surface area contributed by atoms with E-state index >= 15 is 0 Å². The lowest BCUT2D eigenvalue weighted by molar-refractivity contribution is -0.914. The average molecular weight is 473 g/mol. The summed E-state index contributed by atoms with van der Waals surface area (Å²) < 4.78 is 35.1. The van der Waals surface area contributed by atoms with Crippen LogP contribution in [0.15, 0.2) is 46.1 Å². The van der Waals surface area contributed by atoms with Crippen molar-refractivity contribution in [1.82, 2.24) is 4.57 Å². The van der Waals surface area contributed by atoms with Crippen LogP contribution in [-0.4, -0.2) is 39.7 Å². The van der Waals surface area contributed by atoms with Gasteiger partial charge < -0.3 is 14.2 Å². The molecule has 7 nitrogen and oxygen atoms in total. The molecule has 1 saturated carbocycles. The molecule has 2 fully saturated rings. The predicted molar refractivity (Wildman–Crippen MR) is 127 cm³/mol. The number of quaternary nitrogens is 1. The topological polar surface area (TPSA) is 81.8 Å². The Morgan fingerprint density at radius 1 is 1.06 bits per heavy atom. The van der Waals surface area contributed by atoms with E-state index in [4.69, 9.17) is 4.74 Å². The highest BCUT2D eigenvalue weighted by molar-refractivity contribution is 7.92. The molecule has 3 atom stereocenters. The molecule has 2 bridgehead atoms. The van der Waals surface area contributed by atoms with Crippen molar-refractivity contribution in [3.8, 4) is 5.75 Å². The molecule has 1 saturated heterocycles. The van der Waals surface area contributed by atoms with Gasteiger partial charge in [-0.2, -0.15) is 0 Å². The van der Waals surface area contributed by atoms with Crippen LogP contribution in [0.2, 0.25) is 0 Å². The molecule has 0 amide bonds. The van der Waals surface area contributed by atoms with Crippen molar-refractivity contribution in [2.45, 2.75) is 55.9 Å². The third-order valence-electron chi connectivity index (χ3n) is 7.71. The van der Waals surface area contributed by atoms with Crippen LogP contribution in [0, 0.1) is 11.8 Å². The highest BCUT2D eigenvalue weighted by atomic mass is 32.2. The number of aromatic nitrogens is 1. The number of methoxy groups -OCH3 is 1. The minimum Gasteiger partial charge on any atom is -0.497 e. The van der Waals surface area contributed by atoms with Crippen LogP contribution in [0.4, 0.5) is 5.69 Å². The second-order valence-corrected chi connectivity index (χ2v) is 11.7. The molecule has 33 heavy (non-hydrogen) atoms. The zero-order chi connectivity index (χ0) is 23.0. The minimum absolute atomic E-state index is 0.101. The van der Waals surface area contributed by atoms with Gasteiger partial charge in [0, 0.05) is 30.0 Å². The van der Waals surface area contributed by atoms with Crippen molar-refractivity contribution in [2.75, 3.05) is 31.5 Å². The molecule has 5 rings (SSSR count). The van der Waals surface area contributed by atoms with Gasteiger partial charge in [0.1, 0.15) is 11.4 Å². The molecule has 8 heteroatoms. The minimum atomic E-state index is -3.85. The average Bonchev–Trinajstić information content (AvgIpc) is 2.82. The molecular formula is C25H34N3O4S+. The maximum absolute atomic E-state index is 13.3. The molecule has 0 radical (unpaired) electrons. The van der Waals surface area contributed by atoms with E-state index in [9.17, 15) is 13.2 Å². The van der Waals surface area contributed by atoms with Gasteiger partial charge in [0.25, 0.3) is 15.6 Å². The van der Waals surface area contributed by atoms with Gasteiger partial charge in [-0.25, -0.2) is 8.42 Å². The summed E-state index contributed by atoms with van der Waals surface area (Å²) in [4.78, 5) is 15.0. The number of hydrogen-bond acceptors (Lipinski definition) is 4. The Morgan fingerprint density at radius 2 is 1.82 bits per heavy atom. The summed E-state index contributed by atoms with van der Waals surface area (Å²) in [5.74, 6) is 2.27. The number of ether oxygens (including phenoxy) is 1. The smallest absolute Gasteiger partial charge is 0.275 e. The normalized spacial score (nSPS) is 25.3. The van der Waals surface area contributed by atoms with Gasteiger partial charge in [-0.1, -0.05) is 19.3 Å². The van der Waals surface area contributed by atoms with E-state index in [1.54, 1.807) is 23.1 Å². The standard InChI is InChI=1S/C25H33N3O4S/c1-32-21-7-9-22(10-8-21)33(30,31)26-23-11-12-24-20-13-19(16-28(24)25(23)29)15-27(17-20)14-18-5-3-2-4-6-18/h7-12,18-20,26H,2-6,13-17H2,1H3/p+1/t19-,20+/m0/s1. The van der Waals surface area contributed by atoms with Crippen molar-refractivity contribution in [3.05, 3.63) is 52.4 Å². The molecule has 2 aromatic rings. The number of anilines is 1. The summed E-state index contributed by atoms with van der Waals surface area (Å²) in [5, 5.41) is 0. The van der Waals surface area contributed by atoms with E-state index in [1.807, 2.05) is 10.6 Å². The summed E-state index contributed by atoms with van der Waals surface area (Å²) in [6.45, 7) is 4.12. The zero-order valence-corrected chi connectivity index (χ0v) is 20.1. The number of fused-ring (bicyclic) bond motifs is 4. The fourth-order valence-corrected chi connectivity index (χ4v) is 7.23.